The number of hydrogen-bond acceptors (Lipinski definition) is 1. The first-order valence-electron chi connectivity index (χ1n) is 3.55. The maximum absolute atomic E-state index is 5.01. The SMILES string of the molecule is C/C=C/c1cc[c]c(OC)c1. The molecule has 1 aromatic carbocycles. The molecule has 0 bridgehead atoms. The van der Waals surface area contributed by atoms with Gasteiger partial charge >= 0.3 is 0 Å². The van der Waals surface area contributed by atoms with Gasteiger partial charge < -0.3 is 4.74 Å². The van der Waals surface area contributed by atoms with Crippen molar-refractivity contribution < 1.29 is 4.74 Å². The molecule has 0 saturated carbocycles. The standard InChI is InChI=1S/C10H11O/c1-3-5-9-6-4-7-10(8-9)11-2/h3-6,8H,1-2H3/b5-3+. The van der Waals surface area contributed by atoms with Gasteiger partial charge in [0.1, 0.15) is 5.75 Å². The highest BCUT2D eigenvalue weighted by molar-refractivity contribution is 5.50. The molecule has 1 radical (unpaired) electrons. The third-order valence-corrected chi connectivity index (χ3v) is 1.38. The van der Waals surface area contributed by atoms with Crippen molar-refractivity contribution in [2.45, 2.75) is 6.92 Å². The molecule has 0 amide bonds. The fourth-order valence-electron chi connectivity index (χ4n) is 0.875. The Balaban J connectivity index is 2.91. The number of hydrogen-bond donors (Lipinski definition) is 0. The molecular formula is C10H11O. The Morgan fingerprint density at radius 2 is 2.36 bits per heavy atom. The maximum atomic E-state index is 5.01. The zero-order valence-electron chi connectivity index (χ0n) is 6.79. The quantitative estimate of drug-likeness (QED) is 0.624. The minimum Gasteiger partial charge on any atom is -0.496 e. The maximum Gasteiger partial charge on any atom is 0.127 e. The van der Waals surface area contributed by atoms with E-state index in [1.54, 1.807) is 7.11 Å². The molecule has 0 spiro atoms. The van der Waals surface area contributed by atoms with Gasteiger partial charge in [0.05, 0.1) is 7.11 Å². The van der Waals surface area contributed by atoms with E-state index in [0.29, 0.717) is 0 Å². The van der Waals surface area contributed by atoms with E-state index in [-0.39, 0.29) is 0 Å². The van der Waals surface area contributed by atoms with Crippen molar-refractivity contribution in [3.63, 3.8) is 0 Å². The lowest BCUT2D eigenvalue weighted by molar-refractivity contribution is 0.414. The second-order valence-corrected chi connectivity index (χ2v) is 2.19. The summed E-state index contributed by atoms with van der Waals surface area (Å²) in [7, 11) is 1.64. The summed E-state index contributed by atoms with van der Waals surface area (Å²) < 4.78 is 5.01. The van der Waals surface area contributed by atoms with Gasteiger partial charge in [-0.25, -0.2) is 0 Å². The minimum atomic E-state index is 0.778. The predicted octanol–water partition coefficient (Wildman–Crippen LogP) is 2.53. The molecule has 0 atom stereocenters. The van der Waals surface area contributed by atoms with E-state index in [4.69, 9.17) is 4.74 Å². The molecule has 0 aliphatic carbocycles. The Hall–Kier alpha value is -1.24. The molecule has 0 aliphatic heterocycles. The first-order valence-corrected chi connectivity index (χ1v) is 3.55. The molecular weight excluding hydrogens is 136 g/mol. The van der Waals surface area contributed by atoms with E-state index in [0.717, 1.165) is 11.3 Å². The summed E-state index contributed by atoms with van der Waals surface area (Å²) in [6.45, 7) is 1.99. The largest absolute Gasteiger partial charge is 0.496 e. The zero-order valence-corrected chi connectivity index (χ0v) is 6.79. The Bertz CT molecular complexity index is 251. The normalized spacial score (nSPS) is 10.4. The van der Waals surface area contributed by atoms with E-state index in [1.807, 2.05) is 37.3 Å². The lowest BCUT2D eigenvalue weighted by Crippen LogP contribution is -1.82. The molecule has 0 aliphatic rings. The zero-order chi connectivity index (χ0) is 8.10. The van der Waals surface area contributed by atoms with Crippen LogP contribution in [0.15, 0.2) is 24.3 Å². The van der Waals surface area contributed by atoms with Crippen molar-refractivity contribution in [3.8, 4) is 5.75 Å². The van der Waals surface area contributed by atoms with Crippen molar-refractivity contribution in [1.29, 1.82) is 0 Å². The topological polar surface area (TPSA) is 9.23 Å². The summed E-state index contributed by atoms with van der Waals surface area (Å²) in [4.78, 5) is 0. The summed E-state index contributed by atoms with van der Waals surface area (Å²) in [6, 6.07) is 8.75. The molecule has 0 saturated heterocycles. The fraction of sp³-hybridized carbons (Fsp3) is 0.200. The van der Waals surface area contributed by atoms with Crippen LogP contribution in [0.25, 0.3) is 6.08 Å². The van der Waals surface area contributed by atoms with Crippen LogP contribution in [0.1, 0.15) is 12.5 Å². The van der Waals surface area contributed by atoms with Crippen LogP contribution in [0.2, 0.25) is 0 Å². The van der Waals surface area contributed by atoms with Crippen molar-refractivity contribution in [3.05, 3.63) is 35.9 Å². The molecule has 1 aromatic rings. The minimum absolute atomic E-state index is 0.778. The first-order chi connectivity index (χ1) is 5.36. The van der Waals surface area contributed by atoms with Crippen LogP contribution in [0.5, 0.6) is 5.75 Å². The Morgan fingerprint density at radius 3 is 3.00 bits per heavy atom. The summed E-state index contributed by atoms with van der Waals surface area (Å²) in [5, 5.41) is 0. The average molecular weight is 147 g/mol. The third kappa shape index (κ3) is 2.11. The lowest BCUT2D eigenvalue weighted by atomic mass is 10.2. The van der Waals surface area contributed by atoms with Crippen molar-refractivity contribution in [1.82, 2.24) is 0 Å². The second-order valence-electron chi connectivity index (χ2n) is 2.19. The highest BCUT2D eigenvalue weighted by Crippen LogP contribution is 2.12. The summed E-state index contributed by atoms with van der Waals surface area (Å²) >= 11 is 0. The number of ether oxygens (including phenoxy) is 1. The van der Waals surface area contributed by atoms with Gasteiger partial charge in [-0.1, -0.05) is 18.2 Å². The molecule has 1 heteroatoms. The molecule has 1 nitrogen and oxygen atoms in total. The van der Waals surface area contributed by atoms with E-state index in [2.05, 4.69) is 6.07 Å². The van der Waals surface area contributed by atoms with Gasteiger partial charge in [0.25, 0.3) is 0 Å². The molecule has 1 rings (SSSR count). The van der Waals surface area contributed by atoms with Crippen LogP contribution in [0.3, 0.4) is 0 Å². The molecule has 0 unspecified atom stereocenters. The van der Waals surface area contributed by atoms with Gasteiger partial charge in [-0.05, 0) is 24.6 Å². The second kappa shape index (κ2) is 3.81. The molecule has 0 aromatic heterocycles. The summed E-state index contributed by atoms with van der Waals surface area (Å²) in [5.41, 5.74) is 1.14. The van der Waals surface area contributed by atoms with Crippen molar-refractivity contribution >= 4 is 6.08 Å². The van der Waals surface area contributed by atoms with E-state index in [1.165, 1.54) is 0 Å². The Morgan fingerprint density at radius 1 is 1.55 bits per heavy atom. The molecule has 0 heterocycles. The number of benzene rings is 1. The monoisotopic (exact) mass is 147 g/mol. The fourth-order valence-corrected chi connectivity index (χ4v) is 0.875. The van der Waals surface area contributed by atoms with Crippen LogP contribution in [0.4, 0.5) is 0 Å². The van der Waals surface area contributed by atoms with Crippen LogP contribution in [-0.4, -0.2) is 7.11 Å². The van der Waals surface area contributed by atoms with Crippen LogP contribution in [-0.2, 0) is 0 Å². The van der Waals surface area contributed by atoms with Crippen LogP contribution < -0.4 is 4.74 Å². The number of allylic oxidation sites excluding steroid dienone is 1. The number of rotatable bonds is 2. The highest BCUT2D eigenvalue weighted by atomic mass is 16.5. The Labute approximate surface area is 67.3 Å². The van der Waals surface area contributed by atoms with Gasteiger partial charge in [-0.3, -0.25) is 0 Å². The summed E-state index contributed by atoms with van der Waals surface area (Å²) in [5.74, 6) is 0.778. The van der Waals surface area contributed by atoms with Crippen molar-refractivity contribution in [2.24, 2.45) is 0 Å². The van der Waals surface area contributed by atoms with E-state index < -0.39 is 0 Å². The van der Waals surface area contributed by atoms with Gasteiger partial charge in [-0.15, -0.1) is 0 Å². The first kappa shape index (κ1) is 7.86. The number of methoxy groups -OCH3 is 1. The summed E-state index contributed by atoms with van der Waals surface area (Å²) in [6.07, 6.45) is 4.02. The molecule has 11 heavy (non-hydrogen) atoms. The smallest absolute Gasteiger partial charge is 0.127 e. The van der Waals surface area contributed by atoms with Crippen LogP contribution >= 0.6 is 0 Å². The predicted molar refractivity (Wildman–Crippen MR) is 46.5 cm³/mol. The average Bonchev–Trinajstić information content (AvgIpc) is 2.06. The van der Waals surface area contributed by atoms with Gasteiger partial charge in [-0.2, -0.15) is 0 Å². The van der Waals surface area contributed by atoms with Gasteiger partial charge in [0.2, 0.25) is 0 Å². The van der Waals surface area contributed by atoms with Crippen molar-refractivity contribution in [2.75, 3.05) is 7.11 Å². The molecule has 57 valence electrons. The third-order valence-electron chi connectivity index (χ3n) is 1.38. The van der Waals surface area contributed by atoms with Gasteiger partial charge in [0.15, 0.2) is 0 Å². The Kier molecular flexibility index (Phi) is 2.73. The highest BCUT2D eigenvalue weighted by Gasteiger charge is 1.90. The van der Waals surface area contributed by atoms with E-state index in [9.17, 15) is 0 Å². The van der Waals surface area contributed by atoms with E-state index >= 15 is 0 Å². The molecule has 0 fully saturated rings. The molecule has 0 N–H and O–H groups in total. The van der Waals surface area contributed by atoms with Gasteiger partial charge in [0, 0.05) is 6.07 Å². The van der Waals surface area contributed by atoms with Crippen LogP contribution in [0, 0.1) is 6.07 Å². The lowest BCUT2D eigenvalue weighted by Gasteiger charge is -1.98.